The fourth-order valence-corrected chi connectivity index (χ4v) is 2.56. The lowest BCUT2D eigenvalue weighted by molar-refractivity contribution is -0.138. The van der Waals surface area contributed by atoms with Crippen LogP contribution in [0.5, 0.6) is 0 Å². The van der Waals surface area contributed by atoms with Crippen LogP contribution in [-0.4, -0.2) is 42.4 Å². The molecule has 1 aliphatic rings. The first kappa shape index (κ1) is 15.8. The number of anilines is 1. The first-order valence-electron chi connectivity index (χ1n) is 7.38. The second kappa shape index (κ2) is 6.60. The molecule has 1 aromatic heterocycles. The maximum atomic E-state index is 11.4. The second-order valence-electron chi connectivity index (χ2n) is 5.38. The summed E-state index contributed by atoms with van der Waals surface area (Å²) in [5, 5.41) is 9.94. The average Bonchev–Trinajstić information content (AvgIpc) is 3.00. The Hall–Kier alpha value is -2.05. The van der Waals surface area contributed by atoms with Gasteiger partial charge in [0, 0.05) is 23.7 Å². The molecular formula is C16H17ClN2O4. The monoisotopic (exact) mass is 336 g/mol. The fourth-order valence-electron chi connectivity index (χ4n) is 2.43. The summed E-state index contributed by atoms with van der Waals surface area (Å²) in [5.74, 6) is -1.39. The van der Waals surface area contributed by atoms with Gasteiger partial charge in [-0.15, -0.1) is 0 Å². The van der Waals surface area contributed by atoms with Crippen LogP contribution in [0.1, 0.15) is 18.6 Å². The van der Waals surface area contributed by atoms with Crippen molar-refractivity contribution in [1.29, 1.82) is 0 Å². The molecule has 0 saturated carbocycles. The number of nitrogens with zero attached hydrogens (tertiary/aromatic N) is 2. The third kappa shape index (κ3) is 3.33. The lowest BCUT2D eigenvalue weighted by Crippen LogP contribution is -2.36. The van der Waals surface area contributed by atoms with Gasteiger partial charge in [0.05, 0.1) is 13.2 Å². The summed E-state index contributed by atoms with van der Waals surface area (Å²) < 4.78 is 11.1. The van der Waals surface area contributed by atoms with Crippen molar-refractivity contribution >= 4 is 23.6 Å². The fraction of sp³-hybridized carbons (Fsp3) is 0.375. The van der Waals surface area contributed by atoms with E-state index in [1.54, 1.807) is 31.2 Å². The van der Waals surface area contributed by atoms with Crippen molar-refractivity contribution in [2.24, 2.45) is 0 Å². The van der Waals surface area contributed by atoms with Crippen LogP contribution in [0, 0.1) is 0 Å². The smallest absolute Gasteiger partial charge is 0.314 e. The summed E-state index contributed by atoms with van der Waals surface area (Å²) in [6, 6.07) is 7.54. The summed E-state index contributed by atoms with van der Waals surface area (Å²) in [7, 11) is 0. The number of hydrogen-bond donors (Lipinski definition) is 1. The van der Waals surface area contributed by atoms with Crippen molar-refractivity contribution in [3.8, 4) is 11.3 Å². The molecule has 1 saturated heterocycles. The number of aromatic nitrogens is 1. The third-order valence-corrected chi connectivity index (χ3v) is 4.06. The molecule has 2 heterocycles. The molecule has 2 aromatic rings. The van der Waals surface area contributed by atoms with Gasteiger partial charge in [-0.2, -0.15) is 4.98 Å². The number of halogens is 1. The van der Waals surface area contributed by atoms with Gasteiger partial charge in [0.1, 0.15) is 17.4 Å². The van der Waals surface area contributed by atoms with Gasteiger partial charge in [0.2, 0.25) is 0 Å². The van der Waals surface area contributed by atoms with Gasteiger partial charge in [-0.05, 0) is 19.1 Å². The molecule has 1 atom stereocenters. The predicted octanol–water partition coefficient (Wildman–Crippen LogP) is 3.02. The summed E-state index contributed by atoms with van der Waals surface area (Å²) in [6.07, 6.45) is 0. The number of morpholine rings is 1. The molecule has 6 nitrogen and oxygen atoms in total. The highest BCUT2D eigenvalue weighted by Crippen LogP contribution is 2.34. The number of rotatable bonds is 4. The van der Waals surface area contributed by atoms with Crippen LogP contribution < -0.4 is 4.90 Å². The third-order valence-electron chi connectivity index (χ3n) is 3.81. The number of carboxylic acids is 1. The van der Waals surface area contributed by atoms with Crippen molar-refractivity contribution < 1.29 is 19.1 Å². The Morgan fingerprint density at radius 2 is 1.96 bits per heavy atom. The minimum atomic E-state index is -0.954. The van der Waals surface area contributed by atoms with Crippen LogP contribution in [0.3, 0.4) is 0 Å². The van der Waals surface area contributed by atoms with Gasteiger partial charge in [-0.3, -0.25) is 4.79 Å². The molecule has 1 unspecified atom stereocenters. The summed E-state index contributed by atoms with van der Waals surface area (Å²) in [5.41, 5.74) is 1.32. The number of ether oxygens (including phenoxy) is 1. The zero-order valence-electron chi connectivity index (χ0n) is 12.7. The van der Waals surface area contributed by atoms with E-state index in [-0.39, 0.29) is 0 Å². The van der Waals surface area contributed by atoms with Crippen LogP contribution in [0.4, 0.5) is 6.01 Å². The lowest BCUT2D eigenvalue weighted by Gasteiger charge is -2.24. The zero-order chi connectivity index (χ0) is 16.4. The molecule has 3 rings (SSSR count). The van der Waals surface area contributed by atoms with Gasteiger partial charge in [0.25, 0.3) is 6.01 Å². The molecule has 0 bridgehead atoms. The molecule has 23 heavy (non-hydrogen) atoms. The quantitative estimate of drug-likeness (QED) is 0.925. The molecule has 0 amide bonds. The minimum Gasteiger partial charge on any atom is -0.481 e. The number of hydrogen-bond acceptors (Lipinski definition) is 5. The molecule has 122 valence electrons. The van der Waals surface area contributed by atoms with E-state index in [1.807, 2.05) is 4.90 Å². The topological polar surface area (TPSA) is 75.8 Å². The first-order valence-corrected chi connectivity index (χ1v) is 7.76. The van der Waals surface area contributed by atoms with Crippen LogP contribution in [0.2, 0.25) is 5.02 Å². The summed E-state index contributed by atoms with van der Waals surface area (Å²) >= 11 is 5.92. The lowest BCUT2D eigenvalue weighted by atomic mass is 10.0. The molecule has 0 spiro atoms. The van der Waals surface area contributed by atoms with Crippen LogP contribution in [0.15, 0.2) is 28.7 Å². The van der Waals surface area contributed by atoms with Gasteiger partial charge in [-0.25, -0.2) is 0 Å². The zero-order valence-corrected chi connectivity index (χ0v) is 13.4. The van der Waals surface area contributed by atoms with Crippen molar-refractivity contribution in [1.82, 2.24) is 4.98 Å². The Bertz CT molecular complexity index is 693. The molecule has 0 aliphatic carbocycles. The number of carboxylic acid groups (broad SMARTS) is 1. The number of carbonyl (C=O) groups is 1. The molecule has 1 N–H and O–H groups in total. The molecule has 0 radical (unpaired) electrons. The molecule has 1 fully saturated rings. The Labute approximate surface area is 138 Å². The van der Waals surface area contributed by atoms with Gasteiger partial charge < -0.3 is 19.2 Å². The Balaban J connectivity index is 2.02. The van der Waals surface area contributed by atoms with E-state index < -0.39 is 11.9 Å². The van der Waals surface area contributed by atoms with Crippen LogP contribution in [-0.2, 0) is 9.53 Å². The molecule has 7 heteroatoms. The largest absolute Gasteiger partial charge is 0.481 e. The van der Waals surface area contributed by atoms with Crippen molar-refractivity contribution in [3.63, 3.8) is 0 Å². The second-order valence-corrected chi connectivity index (χ2v) is 5.81. The van der Waals surface area contributed by atoms with Gasteiger partial charge in [-0.1, -0.05) is 23.7 Å². The first-order chi connectivity index (χ1) is 11.1. The highest BCUT2D eigenvalue weighted by atomic mass is 35.5. The molecule has 1 aromatic carbocycles. The highest BCUT2D eigenvalue weighted by molar-refractivity contribution is 6.30. The van der Waals surface area contributed by atoms with E-state index >= 15 is 0 Å². The minimum absolute atomic E-state index is 0.348. The summed E-state index contributed by atoms with van der Waals surface area (Å²) in [6.45, 7) is 4.12. The van der Waals surface area contributed by atoms with Crippen molar-refractivity contribution in [2.45, 2.75) is 12.8 Å². The Morgan fingerprint density at radius 1 is 1.30 bits per heavy atom. The van der Waals surface area contributed by atoms with E-state index in [1.165, 1.54) is 0 Å². The highest BCUT2D eigenvalue weighted by Gasteiger charge is 2.27. The normalized spacial score (nSPS) is 16.3. The number of aliphatic carboxylic acids is 1. The van der Waals surface area contributed by atoms with E-state index in [0.29, 0.717) is 48.8 Å². The average molecular weight is 337 g/mol. The SMILES string of the molecule is CC(C(=O)O)c1oc(N2CCOCC2)nc1-c1ccc(Cl)cc1. The Morgan fingerprint density at radius 3 is 2.57 bits per heavy atom. The van der Waals surface area contributed by atoms with Crippen LogP contribution in [0.25, 0.3) is 11.3 Å². The van der Waals surface area contributed by atoms with E-state index in [0.717, 1.165) is 5.56 Å². The Kier molecular flexibility index (Phi) is 4.54. The predicted molar refractivity (Wildman–Crippen MR) is 86.0 cm³/mol. The maximum Gasteiger partial charge on any atom is 0.314 e. The van der Waals surface area contributed by atoms with Gasteiger partial charge >= 0.3 is 5.97 Å². The van der Waals surface area contributed by atoms with E-state index in [2.05, 4.69) is 4.98 Å². The van der Waals surface area contributed by atoms with E-state index in [9.17, 15) is 9.90 Å². The van der Waals surface area contributed by atoms with Crippen LogP contribution >= 0.6 is 11.6 Å². The number of oxazole rings is 1. The van der Waals surface area contributed by atoms with Gasteiger partial charge in [0.15, 0.2) is 0 Å². The van der Waals surface area contributed by atoms with Crippen molar-refractivity contribution in [3.05, 3.63) is 35.0 Å². The summed E-state index contributed by atoms with van der Waals surface area (Å²) in [4.78, 5) is 17.9. The van der Waals surface area contributed by atoms with Crippen molar-refractivity contribution in [2.75, 3.05) is 31.2 Å². The standard InChI is InChI=1S/C16H17ClN2O4/c1-10(15(20)21)14-13(11-2-4-12(17)5-3-11)18-16(23-14)19-6-8-22-9-7-19/h2-5,10H,6-9H2,1H3,(H,20,21). The maximum absolute atomic E-state index is 11.4. The molecular weight excluding hydrogens is 320 g/mol. The number of benzene rings is 1. The molecule has 1 aliphatic heterocycles. The van der Waals surface area contributed by atoms with E-state index in [4.69, 9.17) is 20.8 Å².